The van der Waals surface area contributed by atoms with Crippen molar-refractivity contribution in [3.63, 3.8) is 0 Å². The maximum Gasteiger partial charge on any atom is 2.00 e. The van der Waals surface area contributed by atoms with Crippen molar-refractivity contribution in [2.75, 3.05) is 0 Å². The minimum absolute atomic E-state index is 0. The van der Waals surface area contributed by atoms with Crippen molar-refractivity contribution in [2.45, 2.75) is 0 Å². The Hall–Kier alpha value is 0.466. The van der Waals surface area contributed by atoms with Crippen molar-refractivity contribution in [1.82, 2.24) is 0 Å². The fraction of sp³-hybridized carbons (Fsp3) is 0. The van der Waals surface area contributed by atoms with Crippen LogP contribution in [-0.2, 0) is 0 Å². The minimum atomic E-state index is 0. The van der Waals surface area contributed by atoms with Gasteiger partial charge in [-0.3, -0.25) is 0 Å². The summed E-state index contributed by atoms with van der Waals surface area (Å²) in [7, 11) is 0. The first-order chi connectivity index (χ1) is 3.00. The molecule has 8 heavy (non-hydrogen) atoms. The zero-order valence-corrected chi connectivity index (χ0v) is 7.47. The Bertz CT molecular complexity index is 80.5. The Balaban J connectivity index is 0. The van der Waals surface area contributed by atoms with Crippen LogP contribution in [0.1, 0.15) is 0 Å². The Morgan fingerprint density at radius 1 is 0.875 bits per heavy atom. The Morgan fingerprint density at radius 3 is 1.50 bits per heavy atom. The van der Waals surface area contributed by atoms with Crippen molar-refractivity contribution < 1.29 is 17.0 Å². The summed E-state index contributed by atoms with van der Waals surface area (Å²) in [6, 6.07) is 12.5. The molecule has 0 bridgehead atoms. The van der Waals surface area contributed by atoms with Gasteiger partial charge in [0.05, 0.1) is 0 Å². The number of hydrogen-bond donors (Lipinski definition) is 0. The third-order valence-corrected chi connectivity index (χ3v) is 0.607. The maximum atomic E-state index is 2.89. The van der Waals surface area contributed by atoms with E-state index in [4.69, 9.17) is 0 Å². The summed E-state index contributed by atoms with van der Waals surface area (Å²) < 4.78 is 0. The van der Waals surface area contributed by atoms with Gasteiger partial charge < -0.3 is 17.0 Å². The van der Waals surface area contributed by atoms with Crippen LogP contribution < -0.4 is 17.0 Å². The van der Waals surface area contributed by atoms with E-state index < -0.39 is 0 Å². The minimum Gasteiger partial charge on any atom is -1.00 e. The molecule has 0 aliphatic rings. The van der Waals surface area contributed by atoms with Crippen LogP contribution in [0.25, 0.3) is 0 Å². The molecule has 0 aromatic heterocycles. The van der Waals surface area contributed by atoms with E-state index in [0.29, 0.717) is 0 Å². The molecule has 0 N–H and O–H groups in total. The molecule has 0 amide bonds. The number of benzene rings is 1. The molecule has 2 heteroatoms. The van der Waals surface area contributed by atoms with Crippen LogP contribution in [-0.4, -0.2) is 23.1 Å². The Kier molecular flexibility index (Phi) is 10.5. The molecule has 0 nitrogen and oxygen atoms in total. The zero-order chi connectivity index (χ0) is 4.24. The predicted molar refractivity (Wildman–Crippen MR) is 31.0 cm³/mol. The van der Waals surface area contributed by atoms with E-state index in [9.17, 15) is 0 Å². The molecule has 0 aliphatic carbocycles. The molecular formula is C6H5BrMg. The molecule has 0 atom stereocenters. The summed E-state index contributed by atoms with van der Waals surface area (Å²) in [6.07, 6.45) is 0. The topological polar surface area (TPSA) is 0 Å². The van der Waals surface area contributed by atoms with Crippen molar-refractivity contribution in [3.8, 4) is 0 Å². The third kappa shape index (κ3) is 4.62. The van der Waals surface area contributed by atoms with Gasteiger partial charge in [-0.25, -0.2) is 0 Å². The van der Waals surface area contributed by atoms with Gasteiger partial charge in [-0.15, -0.1) is 0 Å². The summed E-state index contributed by atoms with van der Waals surface area (Å²) in [4.78, 5) is 0. The van der Waals surface area contributed by atoms with E-state index in [0.717, 1.165) is 0 Å². The van der Waals surface area contributed by atoms with Gasteiger partial charge in [-0.2, -0.15) is 36.4 Å². The van der Waals surface area contributed by atoms with Gasteiger partial charge in [0.15, 0.2) is 0 Å². The molecule has 1 rings (SSSR count). The summed E-state index contributed by atoms with van der Waals surface area (Å²) in [5.74, 6) is 0. The van der Waals surface area contributed by atoms with Crippen LogP contribution in [0.5, 0.6) is 0 Å². The number of halogens is 1. The molecular weight excluding hydrogens is 176 g/mol. The van der Waals surface area contributed by atoms with Gasteiger partial charge in [-0.1, -0.05) is 0 Å². The first-order valence-corrected chi connectivity index (χ1v) is 1.91. The van der Waals surface area contributed by atoms with Gasteiger partial charge in [0.1, 0.15) is 0 Å². The van der Waals surface area contributed by atoms with Crippen LogP contribution in [0.4, 0.5) is 0 Å². The Morgan fingerprint density at radius 2 is 1.38 bits per heavy atom. The van der Waals surface area contributed by atoms with E-state index >= 15 is 0 Å². The van der Waals surface area contributed by atoms with Crippen LogP contribution in [0.15, 0.2) is 30.3 Å². The second kappa shape index (κ2) is 7.47. The predicted octanol–water partition coefficient (Wildman–Crippen LogP) is -1.89. The fourth-order valence-corrected chi connectivity index (χ4v) is 0.342. The molecule has 1 aromatic carbocycles. The van der Waals surface area contributed by atoms with Crippen LogP contribution >= 0.6 is 0 Å². The summed E-state index contributed by atoms with van der Waals surface area (Å²) >= 11 is 0. The molecule has 0 saturated carbocycles. The second-order valence-corrected chi connectivity index (χ2v) is 1.08. The first kappa shape index (κ1) is 11.3. The van der Waals surface area contributed by atoms with Gasteiger partial charge in [0, 0.05) is 0 Å². The average molecular weight is 181 g/mol. The number of rotatable bonds is 0. The SMILES string of the molecule is [Br-].[Mg+2].[c-]1ccccc1. The van der Waals surface area contributed by atoms with E-state index in [2.05, 4.69) is 6.07 Å². The fourth-order valence-electron chi connectivity index (χ4n) is 0.342. The van der Waals surface area contributed by atoms with E-state index in [1.807, 2.05) is 30.3 Å². The van der Waals surface area contributed by atoms with Crippen molar-refractivity contribution in [2.24, 2.45) is 0 Å². The van der Waals surface area contributed by atoms with Crippen LogP contribution in [0.2, 0.25) is 0 Å². The molecule has 0 unspecified atom stereocenters. The molecule has 38 valence electrons. The smallest absolute Gasteiger partial charge is 1.00 e. The standard InChI is InChI=1S/C6H5.BrH.Mg/c1-2-4-6-5-3-1;;/h1-5H;1H;/q-1;;+2/p-1. The summed E-state index contributed by atoms with van der Waals surface area (Å²) in [5, 5.41) is 0. The molecule has 0 fully saturated rings. The Labute approximate surface area is 76.2 Å². The monoisotopic (exact) mass is 180 g/mol. The third-order valence-electron chi connectivity index (χ3n) is 0.607. The average Bonchev–Trinajstić information content (AvgIpc) is 1.72. The molecule has 0 radical (unpaired) electrons. The van der Waals surface area contributed by atoms with E-state index in [1.54, 1.807) is 0 Å². The molecule has 0 saturated heterocycles. The quantitative estimate of drug-likeness (QED) is 0.324. The van der Waals surface area contributed by atoms with Crippen molar-refractivity contribution in [3.05, 3.63) is 36.4 Å². The van der Waals surface area contributed by atoms with E-state index in [-0.39, 0.29) is 40.0 Å². The summed E-state index contributed by atoms with van der Waals surface area (Å²) in [6.45, 7) is 0. The zero-order valence-electron chi connectivity index (χ0n) is 4.47. The van der Waals surface area contributed by atoms with Crippen LogP contribution in [0.3, 0.4) is 0 Å². The molecule has 0 heterocycles. The molecule has 0 spiro atoms. The van der Waals surface area contributed by atoms with Gasteiger partial charge in [0.25, 0.3) is 0 Å². The van der Waals surface area contributed by atoms with E-state index in [1.165, 1.54) is 0 Å². The van der Waals surface area contributed by atoms with Gasteiger partial charge >= 0.3 is 23.1 Å². The van der Waals surface area contributed by atoms with Crippen LogP contribution in [0, 0.1) is 6.07 Å². The largest absolute Gasteiger partial charge is 2.00 e. The van der Waals surface area contributed by atoms with Gasteiger partial charge in [-0.05, 0) is 0 Å². The number of hydrogen-bond acceptors (Lipinski definition) is 0. The second-order valence-electron chi connectivity index (χ2n) is 1.08. The first-order valence-electron chi connectivity index (χ1n) is 1.91. The van der Waals surface area contributed by atoms with Crippen molar-refractivity contribution in [1.29, 1.82) is 0 Å². The van der Waals surface area contributed by atoms with Crippen molar-refractivity contribution >= 4 is 23.1 Å². The molecule has 1 aromatic rings. The normalized spacial score (nSPS) is 6.00. The van der Waals surface area contributed by atoms with Gasteiger partial charge in [0.2, 0.25) is 0 Å². The molecule has 0 aliphatic heterocycles. The summed E-state index contributed by atoms with van der Waals surface area (Å²) in [5.41, 5.74) is 0. The maximum absolute atomic E-state index is 2.89.